The zero-order valence-electron chi connectivity index (χ0n) is 9.76. The number of primary sulfonamides is 1. The lowest BCUT2D eigenvalue weighted by atomic mass is 10.2. The number of carboxylic acid groups (broad SMARTS) is 1. The first-order valence-corrected chi connectivity index (χ1v) is 6.35. The van der Waals surface area contributed by atoms with E-state index in [4.69, 9.17) is 15.0 Å². The normalized spacial score (nSPS) is 13.9. The first kappa shape index (κ1) is 15.7. The lowest BCUT2D eigenvalue weighted by Gasteiger charge is -2.21. The summed E-state index contributed by atoms with van der Waals surface area (Å²) < 4.78 is 26.3. The van der Waals surface area contributed by atoms with Gasteiger partial charge < -0.3 is 15.2 Å². The van der Waals surface area contributed by atoms with Crippen molar-refractivity contribution in [2.75, 3.05) is 5.75 Å². The molecule has 0 aliphatic rings. The summed E-state index contributed by atoms with van der Waals surface area (Å²) in [6.07, 6.45) is -1.02. The van der Waals surface area contributed by atoms with Gasteiger partial charge in [-0.3, -0.25) is 0 Å². The van der Waals surface area contributed by atoms with Crippen LogP contribution in [-0.2, 0) is 19.6 Å². The number of sulfonamides is 1. The first-order chi connectivity index (χ1) is 7.41. The van der Waals surface area contributed by atoms with Gasteiger partial charge in [-0.15, -0.1) is 0 Å². The van der Waals surface area contributed by atoms with Gasteiger partial charge in [0.05, 0.1) is 5.75 Å². The standard InChI is InChI=1S/C8H16N2O6S/c1-8(2,3)16-7(13)10-5(6(11)12)4-17(9,14)15/h5H,4H2,1-3H3,(H,10,13)(H,11,12)(H2,9,14,15). The minimum atomic E-state index is -4.01. The molecule has 1 unspecified atom stereocenters. The van der Waals surface area contributed by atoms with Crippen molar-refractivity contribution in [2.45, 2.75) is 32.4 Å². The Morgan fingerprint density at radius 1 is 1.41 bits per heavy atom. The summed E-state index contributed by atoms with van der Waals surface area (Å²) in [7, 11) is -4.01. The number of ether oxygens (including phenoxy) is 1. The summed E-state index contributed by atoms with van der Waals surface area (Å²) in [5.74, 6) is -2.41. The van der Waals surface area contributed by atoms with Crippen molar-refractivity contribution in [1.82, 2.24) is 5.32 Å². The summed E-state index contributed by atoms with van der Waals surface area (Å²) in [4.78, 5) is 21.9. The van der Waals surface area contributed by atoms with Crippen molar-refractivity contribution in [2.24, 2.45) is 5.14 Å². The molecule has 0 saturated carbocycles. The molecular weight excluding hydrogens is 252 g/mol. The van der Waals surface area contributed by atoms with Gasteiger partial charge in [0.25, 0.3) is 0 Å². The van der Waals surface area contributed by atoms with Gasteiger partial charge in [-0.2, -0.15) is 0 Å². The molecule has 0 rings (SSSR count). The average molecular weight is 268 g/mol. The van der Waals surface area contributed by atoms with E-state index >= 15 is 0 Å². The van der Waals surface area contributed by atoms with Crippen LogP contribution in [0, 0.1) is 0 Å². The molecule has 100 valence electrons. The predicted octanol–water partition coefficient (Wildman–Crippen LogP) is -0.747. The van der Waals surface area contributed by atoms with Gasteiger partial charge in [-0.05, 0) is 20.8 Å². The summed E-state index contributed by atoms with van der Waals surface area (Å²) in [6.45, 7) is 4.76. The van der Waals surface area contributed by atoms with Crippen LogP contribution in [0.2, 0.25) is 0 Å². The Balaban J connectivity index is 4.58. The van der Waals surface area contributed by atoms with Gasteiger partial charge in [0.15, 0.2) is 0 Å². The van der Waals surface area contributed by atoms with E-state index in [1.165, 1.54) is 0 Å². The number of hydrogen-bond donors (Lipinski definition) is 3. The fraction of sp³-hybridized carbons (Fsp3) is 0.750. The monoisotopic (exact) mass is 268 g/mol. The van der Waals surface area contributed by atoms with Crippen molar-refractivity contribution < 1.29 is 27.9 Å². The van der Waals surface area contributed by atoms with Crippen molar-refractivity contribution in [1.29, 1.82) is 0 Å². The molecule has 0 bridgehead atoms. The highest BCUT2D eigenvalue weighted by atomic mass is 32.2. The molecule has 8 nitrogen and oxygen atoms in total. The van der Waals surface area contributed by atoms with Gasteiger partial charge in [-0.25, -0.2) is 23.1 Å². The smallest absolute Gasteiger partial charge is 0.408 e. The maximum absolute atomic E-state index is 11.2. The van der Waals surface area contributed by atoms with Crippen LogP contribution >= 0.6 is 0 Å². The first-order valence-electron chi connectivity index (χ1n) is 4.63. The summed E-state index contributed by atoms with van der Waals surface area (Å²) in [5, 5.41) is 15.3. The molecule has 1 amide bonds. The van der Waals surface area contributed by atoms with E-state index in [-0.39, 0.29) is 0 Å². The molecule has 0 saturated heterocycles. The molecule has 0 heterocycles. The van der Waals surface area contributed by atoms with Crippen LogP contribution in [0.1, 0.15) is 20.8 Å². The zero-order valence-corrected chi connectivity index (χ0v) is 10.6. The summed E-state index contributed by atoms with van der Waals surface area (Å²) >= 11 is 0. The van der Waals surface area contributed by atoms with E-state index in [1.54, 1.807) is 20.8 Å². The van der Waals surface area contributed by atoms with Crippen LogP contribution in [0.15, 0.2) is 0 Å². The van der Waals surface area contributed by atoms with Crippen molar-refractivity contribution >= 4 is 22.1 Å². The topological polar surface area (TPSA) is 136 Å². The predicted molar refractivity (Wildman–Crippen MR) is 58.8 cm³/mol. The van der Waals surface area contributed by atoms with Crippen molar-refractivity contribution in [3.63, 3.8) is 0 Å². The fourth-order valence-electron chi connectivity index (χ4n) is 0.857. The number of nitrogens with one attached hydrogen (secondary N) is 1. The van der Waals surface area contributed by atoms with E-state index in [0.717, 1.165) is 0 Å². The highest BCUT2D eigenvalue weighted by Gasteiger charge is 2.27. The molecule has 0 aromatic heterocycles. The van der Waals surface area contributed by atoms with Crippen LogP contribution in [-0.4, -0.2) is 43.0 Å². The molecule has 9 heteroatoms. The molecule has 1 atom stereocenters. The minimum absolute atomic E-state index is 0.811. The number of hydrogen-bond acceptors (Lipinski definition) is 5. The van der Waals surface area contributed by atoms with Gasteiger partial charge in [0.1, 0.15) is 11.6 Å². The molecule has 4 N–H and O–H groups in total. The third kappa shape index (κ3) is 8.46. The number of carboxylic acids is 1. The van der Waals surface area contributed by atoms with Gasteiger partial charge in [0, 0.05) is 0 Å². The van der Waals surface area contributed by atoms with Crippen LogP contribution < -0.4 is 10.5 Å². The third-order valence-corrected chi connectivity index (χ3v) is 2.19. The van der Waals surface area contributed by atoms with E-state index in [9.17, 15) is 18.0 Å². The fourth-order valence-corrected chi connectivity index (χ4v) is 1.55. The third-order valence-electron chi connectivity index (χ3n) is 1.39. The number of aliphatic carboxylic acids is 1. The molecular formula is C8H16N2O6S. The highest BCUT2D eigenvalue weighted by molar-refractivity contribution is 7.89. The molecule has 0 aromatic rings. The van der Waals surface area contributed by atoms with Crippen LogP contribution in [0.5, 0.6) is 0 Å². The van der Waals surface area contributed by atoms with E-state index in [1.807, 2.05) is 5.32 Å². The number of alkyl carbamates (subject to hydrolysis) is 1. The Kier molecular flexibility index (Phi) is 4.90. The summed E-state index contributed by atoms with van der Waals surface area (Å²) in [5.41, 5.74) is -0.811. The molecule has 17 heavy (non-hydrogen) atoms. The molecule has 0 spiro atoms. The van der Waals surface area contributed by atoms with Gasteiger partial charge >= 0.3 is 12.1 Å². The molecule has 0 fully saturated rings. The Labute approximate surface area is 99.2 Å². The maximum Gasteiger partial charge on any atom is 0.408 e. The molecule has 0 aliphatic heterocycles. The van der Waals surface area contributed by atoms with Crippen molar-refractivity contribution in [3.05, 3.63) is 0 Å². The number of carbonyl (C=O) groups excluding carboxylic acids is 1. The van der Waals surface area contributed by atoms with Crippen molar-refractivity contribution in [3.8, 4) is 0 Å². The Morgan fingerprint density at radius 2 is 1.88 bits per heavy atom. The van der Waals surface area contributed by atoms with Crippen LogP contribution in [0.25, 0.3) is 0 Å². The highest BCUT2D eigenvalue weighted by Crippen LogP contribution is 2.06. The van der Waals surface area contributed by atoms with Crippen LogP contribution in [0.3, 0.4) is 0 Å². The van der Waals surface area contributed by atoms with E-state index in [2.05, 4.69) is 0 Å². The van der Waals surface area contributed by atoms with Gasteiger partial charge in [-0.1, -0.05) is 0 Å². The Hall–Kier alpha value is -1.35. The zero-order chi connectivity index (χ0) is 13.9. The quantitative estimate of drug-likeness (QED) is 0.614. The van der Waals surface area contributed by atoms with Gasteiger partial charge in [0.2, 0.25) is 10.0 Å². The van der Waals surface area contributed by atoms with E-state index in [0.29, 0.717) is 0 Å². The Bertz CT molecular complexity index is 397. The van der Waals surface area contributed by atoms with Crippen LogP contribution in [0.4, 0.5) is 4.79 Å². The number of amides is 1. The second-order valence-corrected chi connectivity index (χ2v) is 6.03. The SMILES string of the molecule is CC(C)(C)OC(=O)NC(CS(N)(=O)=O)C(=O)O. The lowest BCUT2D eigenvalue weighted by Crippen LogP contribution is -2.48. The Morgan fingerprint density at radius 3 is 2.18 bits per heavy atom. The molecule has 0 radical (unpaired) electrons. The number of nitrogens with two attached hydrogens (primary N) is 1. The molecule has 0 aliphatic carbocycles. The number of rotatable bonds is 4. The molecule has 0 aromatic carbocycles. The van der Waals surface area contributed by atoms with E-state index < -0.39 is 39.5 Å². The number of carbonyl (C=O) groups is 2. The second-order valence-electron chi connectivity index (χ2n) is 4.37. The summed E-state index contributed by atoms with van der Waals surface area (Å²) in [6, 6.07) is -1.64. The second kappa shape index (κ2) is 5.32. The average Bonchev–Trinajstić information content (AvgIpc) is 1.95. The lowest BCUT2D eigenvalue weighted by molar-refractivity contribution is -0.138. The largest absolute Gasteiger partial charge is 0.480 e. The minimum Gasteiger partial charge on any atom is -0.480 e. The maximum atomic E-state index is 11.2.